The average molecular weight is 458 g/mol. The molecule has 0 bridgehead atoms. The van der Waals surface area contributed by atoms with Gasteiger partial charge in [0.25, 0.3) is 0 Å². The van der Waals surface area contributed by atoms with Crippen LogP contribution in [0.5, 0.6) is 0 Å². The van der Waals surface area contributed by atoms with Crippen molar-refractivity contribution >= 4 is 13.3 Å². The minimum absolute atomic E-state index is 0.190. The summed E-state index contributed by atoms with van der Waals surface area (Å²) >= 11 is 0. The summed E-state index contributed by atoms with van der Waals surface area (Å²) in [5.74, 6) is -0.333. The molecule has 0 radical (unpaired) electrons. The molecule has 3 N–H and O–H groups in total. The topological polar surface area (TPSA) is 96.2 Å². The molecule has 0 aliphatic carbocycles. The fourth-order valence-corrected chi connectivity index (χ4v) is 3.85. The van der Waals surface area contributed by atoms with Crippen LogP contribution < -0.4 is 0 Å². The summed E-state index contributed by atoms with van der Waals surface area (Å²) in [5.41, 5.74) is 0. The molecule has 0 spiro atoms. The molecule has 0 amide bonds. The molecule has 0 rings (SSSR count). The van der Waals surface area contributed by atoms with Crippen LogP contribution in [0.4, 0.5) is 0 Å². The van der Waals surface area contributed by atoms with E-state index in [1.807, 2.05) is 0 Å². The van der Waals surface area contributed by atoms with E-state index in [1.54, 1.807) is 0 Å². The molecule has 0 aromatic carbocycles. The van der Waals surface area contributed by atoms with Crippen molar-refractivity contribution in [3.05, 3.63) is 0 Å². The number of esters is 1. The van der Waals surface area contributed by atoms with E-state index in [1.165, 1.54) is 103 Å². The highest BCUT2D eigenvalue weighted by Crippen LogP contribution is 2.14. The predicted molar refractivity (Wildman–Crippen MR) is 131 cm³/mol. The number of hydrogen-bond donors (Lipinski definition) is 3. The zero-order chi connectivity index (χ0) is 23.7. The summed E-state index contributed by atoms with van der Waals surface area (Å²) in [6, 6.07) is 0. The van der Waals surface area contributed by atoms with Crippen LogP contribution in [-0.4, -0.2) is 47.8 Å². The quantitative estimate of drug-likeness (QED) is 0.0923. The van der Waals surface area contributed by atoms with E-state index < -0.39 is 13.4 Å². The first-order chi connectivity index (χ1) is 15.6. The summed E-state index contributed by atoms with van der Waals surface area (Å²) in [6.07, 6.45) is 24.4. The summed E-state index contributed by atoms with van der Waals surface area (Å²) in [7, 11) is -1.93. The van der Waals surface area contributed by atoms with Crippen molar-refractivity contribution in [2.24, 2.45) is 0 Å². The van der Waals surface area contributed by atoms with Gasteiger partial charge in [-0.1, -0.05) is 122 Å². The highest BCUT2D eigenvalue weighted by molar-refractivity contribution is 6.32. The van der Waals surface area contributed by atoms with Gasteiger partial charge in [0, 0.05) is 6.42 Å². The molecule has 1 atom stereocenters. The maximum atomic E-state index is 11.6. The molecule has 32 heavy (non-hydrogen) atoms. The molecule has 0 saturated carbocycles. The van der Waals surface area contributed by atoms with Crippen LogP contribution in [0, 0.1) is 0 Å². The zero-order valence-electron chi connectivity index (χ0n) is 20.8. The van der Waals surface area contributed by atoms with Crippen molar-refractivity contribution < 1.29 is 29.3 Å². The van der Waals surface area contributed by atoms with E-state index in [2.05, 4.69) is 11.6 Å². The minimum atomic E-state index is -1.93. The highest BCUT2D eigenvalue weighted by atomic mass is 16.6. The molecule has 7 heteroatoms. The third-order valence-electron chi connectivity index (χ3n) is 5.86. The van der Waals surface area contributed by atoms with Gasteiger partial charge < -0.3 is 24.5 Å². The van der Waals surface area contributed by atoms with Crippen LogP contribution in [0.3, 0.4) is 0 Å². The Morgan fingerprint density at radius 1 is 0.656 bits per heavy atom. The molecule has 0 heterocycles. The smallest absolute Gasteiger partial charge is 0.463 e. The Morgan fingerprint density at radius 2 is 1.03 bits per heavy atom. The standard InChI is InChI=1S/C25H51BO6/c1-2-3-4-5-6-7-8-9-10-11-12-13-14-15-16-17-18-19-20-21-25(28)31-22-24(27)23-32-26(29)30/h24,27,29-30H,2-23H2,1H3. The molecule has 0 aliphatic heterocycles. The molecule has 6 nitrogen and oxygen atoms in total. The Kier molecular flexibility index (Phi) is 24.5. The summed E-state index contributed by atoms with van der Waals surface area (Å²) in [4.78, 5) is 11.6. The number of ether oxygens (including phenoxy) is 1. The number of unbranched alkanes of at least 4 members (excludes halogenated alkanes) is 18. The van der Waals surface area contributed by atoms with Gasteiger partial charge in [-0.3, -0.25) is 4.79 Å². The van der Waals surface area contributed by atoms with Crippen molar-refractivity contribution in [2.45, 2.75) is 141 Å². The molecule has 0 aromatic heterocycles. The number of hydrogen-bond acceptors (Lipinski definition) is 6. The van der Waals surface area contributed by atoms with Gasteiger partial charge in [-0.05, 0) is 6.42 Å². The first-order valence-corrected chi connectivity index (χ1v) is 13.4. The summed E-state index contributed by atoms with van der Waals surface area (Å²) in [5, 5.41) is 26.5. The van der Waals surface area contributed by atoms with Crippen LogP contribution in [-0.2, 0) is 14.2 Å². The van der Waals surface area contributed by atoms with E-state index in [4.69, 9.17) is 14.8 Å². The first-order valence-electron chi connectivity index (χ1n) is 13.4. The van der Waals surface area contributed by atoms with E-state index in [0.29, 0.717) is 6.42 Å². The SMILES string of the molecule is CCCCCCCCCCCCCCCCCCCCCC(=O)OCC(O)COB(O)O. The average Bonchev–Trinajstić information content (AvgIpc) is 2.77. The number of aliphatic hydroxyl groups is 1. The second-order valence-electron chi connectivity index (χ2n) is 9.11. The van der Waals surface area contributed by atoms with Gasteiger partial charge in [-0.25, -0.2) is 0 Å². The molecule has 0 aromatic rings. The van der Waals surface area contributed by atoms with Gasteiger partial charge >= 0.3 is 13.3 Å². The summed E-state index contributed by atoms with van der Waals surface area (Å²) in [6.45, 7) is 1.80. The number of carbonyl (C=O) groups is 1. The molecule has 190 valence electrons. The van der Waals surface area contributed by atoms with Crippen LogP contribution in [0.1, 0.15) is 135 Å². The number of rotatable bonds is 25. The second kappa shape index (κ2) is 25.0. The lowest BCUT2D eigenvalue weighted by molar-refractivity contribution is -0.147. The van der Waals surface area contributed by atoms with E-state index in [-0.39, 0.29) is 19.2 Å². The largest absolute Gasteiger partial charge is 0.633 e. The van der Waals surface area contributed by atoms with Crippen molar-refractivity contribution in [3.63, 3.8) is 0 Å². The van der Waals surface area contributed by atoms with Gasteiger partial charge in [-0.15, -0.1) is 0 Å². The molecular formula is C25H51BO6. The Morgan fingerprint density at radius 3 is 1.41 bits per heavy atom. The van der Waals surface area contributed by atoms with Gasteiger partial charge in [0.05, 0.1) is 6.61 Å². The van der Waals surface area contributed by atoms with E-state index >= 15 is 0 Å². The van der Waals surface area contributed by atoms with Crippen LogP contribution in [0.25, 0.3) is 0 Å². The minimum Gasteiger partial charge on any atom is -0.463 e. The molecule has 1 unspecified atom stereocenters. The van der Waals surface area contributed by atoms with Gasteiger partial charge in [0.15, 0.2) is 0 Å². The van der Waals surface area contributed by atoms with Crippen molar-refractivity contribution in [3.8, 4) is 0 Å². The normalized spacial score (nSPS) is 12.1. The van der Waals surface area contributed by atoms with Gasteiger partial charge in [0.2, 0.25) is 0 Å². The Balaban J connectivity index is 3.19. The molecule has 0 aliphatic rings. The van der Waals surface area contributed by atoms with Crippen molar-refractivity contribution in [1.29, 1.82) is 0 Å². The third-order valence-corrected chi connectivity index (χ3v) is 5.86. The van der Waals surface area contributed by atoms with Crippen LogP contribution in [0.2, 0.25) is 0 Å². The molecule has 0 fully saturated rings. The lowest BCUT2D eigenvalue weighted by Crippen LogP contribution is -2.28. The zero-order valence-corrected chi connectivity index (χ0v) is 20.8. The third kappa shape index (κ3) is 25.6. The van der Waals surface area contributed by atoms with Crippen molar-refractivity contribution in [2.75, 3.05) is 13.2 Å². The van der Waals surface area contributed by atoms with E-state index in [0.717, 1.165) is 19.3 Å². The molecule has 0 saturated heterocycles. The lowest BCUT2D eigenvalue weighted by atomic mass is 10.0. The predicted octanol–water partition coefficient (Wildman–Crippen LogP) is 5.70. The van der Waals surface area contributed by atoms with Crippen LogP contribution >= 0.6 is 0 Å². The lowest BCUT2D eigenvalue weighted by Gasteiger charge is -2.11. The fraction of sp³-hybridized carbons (Fsp3) is 0.960. The Hall–Kier alpha value is -0.625. The van der Waals surface area contributed by atoms with E-state index in [9.17, 15) is 9.90 Å². The second-order valence-corrected chi connectivity index (χ2v) is 9.11. The molecular weight excluding hydrogens is 407 g/mol. The van der Waals surface area contributed by atoms with Gasteiger partial charge in [0.1, 0.15) is 12.7 Å². The Bertz CT molecular complexity index is 395. The Labute approximate surface area is 197 Å². The fourth-order valence-electron chi connectivity index (χ4n) is 3.85. The van der Waals surface area contributed by atoms with Crippen LogP contribution in [0.15, 0.2) is 0 Å². The number of aliphatic hydroxyl groups excluding tert-OH is 1. The number of carbonyl (C=O) groups excluding carboxylic acids is 1. The van der Waals surface area contributed by atoms with Crippen molar-refractivity contribution in [1.82, 2.24) is 0 Å². The van der Waals surface area contributed by atoms with Gasteiger partial charge in [-0.2, -0.15) is 0 Å². The maximum Gasteiger partial charge on any atom is 0.633 e. The summed E-state index contributed by atoms with van der Waals surface area (Å²) < 4.78 is 9.35. The highest BCUT2D eigenvalue weighted by Gasteiger charge is 2.14. The monoisotopic (exact) mass is 458 g/mol. The first kappa shape index (κ1) is 31.4. The maximum absolute atomic E-state index is 11.6.